The average Bonchev–Trinajstić information content (AvgIpc) is 2.81. The summed E-state index contributed by atoms with van der Waals surface area (Å²) < 4.78 is 21.3. The van der Waals surface area contributed by atoms with Crippen LogP contribution in [0.3, 0.4) is 0 Å². The Morgan fingerprint density at radius 2 is 1.78 bits per heavy atom. The minimum absolute atomic E-state index is 0.0509. The van der Waals surface area contributed by atoms with Gasteiger partial charge in [-0.1, -0.05) is 18.2 Å². The molecule has 4 rings (SSSR count). The minimum atomic E-state index is -0.640. The fourth-order valence-corrected chi connectivity index (χ4v) is 4.34. The smallest absolute Gasteiger partial charge is 0.261 e. The molecule has 3 aromatic rings. The number of nitrogens with zero attached hydrogens (tertiary/aromatic N) is 3. The first-order valence-electron chi connectivity index (χ1n) is 10.6. The van der Waals surface area contributed by atoms with Gasteiger partial charge in [0.15, 0.2) is 0 Å². The van der Waals surface area contributed by atoms with Crippen LogP contribution in [0, 0.1) is 17.1 Å². The molecule has 0 aliphatic heterocycles. The second-order valence-corrected chi connectivity index (χ2v) is 8.20. The van der Waals surface area contributed by atoms with Gasteiger partial charge < -0.3 is 10.5 Å². The molecule has 0 radical (unpaired) electrons. The highest BCUT2D eigenvalue weighted by atomic mass is 19.1. The molecule has 0 bridgehead atoms. The first-order chi connectivity index (χ1) is 15.4. The van der Waals surface area contributed by atoms with Gasteiger partial charge in [0.25, 0.3) is 5.56 Å². The van der Waals surface area contributed by atoms with Crippen LogP contribution >= 0.6 is 0 Å². The summed E-state index contributed by atoms with van der Waals surface area (Å²) in [6.45, 7) is 0. The van der Waals surface area contributed by atoms with Crippen molar-refractivity contribution in [2.24, 2.45) is 12.8 Å². The Kier molecular flexibility index (Phi) is 6.06. The van der Waals surface area contributed by atoms with Crippen LogP contribution < -0.4 is 16.0 Å². The van der Waals surface area contributed by atoms with Crippen molar-refractivity contribution < 1.29 is 9.13 Å². The van der Waals surface area contributed by atoms with E-state index in [1.54, 1.807) is 49.1 Å². The number of methoxy groups -OCH3 is 1. The van der Waals surface area contributed by atoms with E-state index in [1.807, 2.05) is 6.07 Å². The predicted molar refractivity (Wildman–Crippen MR) is 121 cm³/mol. The molecule has 7 heteroatoms. The van der Waals surface area contributed by atoms with Crippen LogP contribution in [0.15, 0.2) is 47.3 Å². The van der Waals surface area contributed by atoms with E-state index >= 15 is 0 Å². The van der Waals surface area contributed by atoms with Crippen molar-refractivity contribution in [2.45, 2.75) is 37.6 Å². The van der Waals surface area contributed by atoms with Gasteiger partial charge in [0.2, 0.25) is 0 Å². The highest BCUT2D eigenvalue weighted by molar-refractivity contribution is 5.80. The fourth-order valence-electron chi connectivity index (χ4n) is 4.34. The zero-order valence-electron chi connectivity index (χ0n) is 18.1. The Balaban J connectivity index is 1.93. The van der Waals surface area contributed by atoms with Gasteiger partial charge >= 0.3 is 0 Å². The molecule has 1 aliphatic rings. The molecular formula is C25H25FN4O2. The van der Waals surface area contributed by atoms with E-state index in [0.717, 1.165) is 25.7 Å². The van der Waals surface area contributed by atoms with Gasteiger partial charge in [-0.2, -0.15) is 5.26 Å². The number of hydrogen-bond acceptors (Lipinski definition) is 5. The lowest BCUT2D eigenvalue weighted by Crippen LogP contribution is -2.31. The van der Waals surface area contributed by atoms with Crippen molar-refractivity contribution in [3.63, 3.8) is 0 Å². The number of halogens is 1. The maximum atomic E-state index is 14.5. The van der Waals surface area contributed by atoms with Crippen molar-refractivity contribution in [2.75, 3.05) is 7.11 Å². The number of ether oxygens (including phenoxy) is 1. The van der Waals surface area contributed by atoms with E-state index in [1.165, 1.54) is 12.1 Å². The van der Waals surface area contributed by atoms with E-state index in [2.05, 4.69) is 0 Å². The fraction of sp³-hybridized carbons (Fsp3) is 0.320. The molecule has 6 nitrogen and oxygen atoms in total. The number of hydrogen-bond donors (Lipinski definition) is 1. The van der Waals surface area contributed by atoms with E-state index in [4.69, 9.17) is 20.7 Å². The molecule has 0 unspecified atom stereocenters. The Labute approximate surface area is 186 Å². The van der Waals surface area contributed by atoms with Gasteiger partial charge in [-0.3, -0.25) is 9.36 Å². The van der Waals surface area contributed by atoms with Crippen molar-refractivity contribution in [3.05, 3.63) is 70.0 Å². The first-order valence-corrected chi connectivity index (χ1v) is 10.6. The van der Waals surface area contributed by atoms with E-state index in [9.17, 15) is 9.18 Å². The lowest BCUT2D eigenvalue weighted by Gasteiger charge is -2.27. The molecule has 0 amide bonds. The van der Waals surface area contributed by atoms with Crippen LogP contribution in [0.5, 0.6) is 5.75 Å². The molecule has 2 N–H and O–H groups in total. The molecule has 1 fully saturated rings. The van der Waals surface area contributed by atoms with Crippen LogP contribution in [0.1, 0.15) is 43.0 Å². The lowest BCUT2D eigenvalue weighted by molar-refractivity contribution is 0.376. The Hall–Kier alpha value is -3.50. The molecule has 0 spiro atoms. The van der Waals surface area contributed by atoms with E-state index in [0.29, 0.717) is 34.0 Å². The summed E-state index contributed by atoms with van der Waals surface area (Å²) in [5.74, 6) is 0.816. The summed E-state index contributed by atoms with van der Waals surface area (Å²) in [7, 11) is 3.31. The third kappa shape index (κ3) is 4.02. The van der Waals surface area contributed by atoms with Gasteiger partial charge in [-0.25, -0.2) is 9.37 Å². The minimum Gasteiger partial charge on any atom is -0.497 e. The van der Waals surface area contributed by atoms with Gasteiger partial charge in [-0.15, -0.1) is 0 Å². The van der Waals surface area contributed by atoms with Crippen molar-refractivity contribution in [1.82, 2.24) is 9.55 Å². The molecule has 1 saturated carbocycles. The predicted octanol–water partition coefficient (Wildman–Crippen LogP) is 4.12. The summed E-state index contributed by atoms with van der Waals surface area (Å²) in [5, 5.41) is 9.10. The van der Waals surface area contributed by atoms with E-state index in [-0.39, 0.29) is 23.1 Å². The molecule has 164 valence electrons. The largest absolute Gasteiger partial charge is 0.497 e. The lowest BCUT2D eigenvalue weighted by atomic mass is 9.85. The molecule has 1 aliphatic carbocycles. The second-order valence-electron chi connectivity index (χ2n) is 8.20. The van der Waals surface area contributed by atoms with Gasteiger partial charge in [0, 0.05) is 24.6 Å². The summed E-state index contributed by atoms with van der Waals surface area (Å²) in [5.41, 5.74) is 7.73. The average molecular weight is 432 g/mol. The molecular weight excluding hydrogens is 407 g/mol. The van der Waals surface area contributed by atoms with Gasteiger partial charge in [0.05, 0.1) is 23.9 Å². The standard InChI is InChI=1S/C25H25FN4O2/c1-30-24(16-5-9-19(28)10-6-16)29-23(17-3-4-18(14-27)21(26)13-17)22(25(30)31)15-7-11-20(32-2)12-8-15/h3-4,7-8,11-13,16,19H,5-6,9-10,28H2,1-2H3. The van der Waals surface area contributed by atoms with Crippen LogP contribution in [-0.2, 0) is 7.05 Å². The SMILES string of the molecule is COc1ccc(-c2c(-c3ccc(C#N)c(F)c3)nc(C3CCC(N)CC3)n(C)c2=O)cc1. The zero-order chi connectivity index (χ0) is 22.8. The molecule has 0 saturated heterocycles. The van der Waals surface area contributed by atoms with Gasteiger partial charge in [0.1, 0.15) is 23.5 Å². The highest BCUT2D eigenvalue weighted by Crippen LogP contribution is 2.35. The summed E-state index contributed by atoms with van der Waals surface area (Å²) in [4.78, 5) is 18.5. The first kappa shape index (κ1) is 21.7. The second kappa shape index (κ2) is 8.93. The topological polar surface area (TPSA) is 93.9 Å². The molecule has 2 aromatic carbocycles. The van der Waals surface area contributed by atoms with Crippen molar-refractivity contribution in [1.29, 1.82) is 5.26 Å². The quantitative estimate of drug-likeness (QED) is 0.669. The molecule has 0 atom stereocenters. The Morgan fingerprint density at radius 3 is 2.38 bits per heavy atom. The van der Waals surface area contributed by atoms with E-state index < -0.39 is 5.82 Å². The van der Waals surface area contributed by atoms with Crippen LogP contribution in [0.4, 0.5) is 4.39 Å². The Morgan fingerprint density at radius 1 is 1.12 bits per heavy atom. The Bertz CT molecular complexity index is 1240. The molecule has 1 aromatic heterocycles. The summed E-state index contributed by atoms with van der Waals surface area (Å²) in [6, 6.07) is 13.5. The third-order valence-electron chi connectivity index (χ3n) is 6.20. The zero-order valence-corrected chi connectivity index (χ0v) is 18.1. The van der Waals surface area contributed by atoms with Crippen molar-refractivity contribution in [3.8, 4) is 34.2 Å². The van der Waals surface area contributed by atoms with Crippen LogP contribution in [0.2, 0.25) is 0 Å². The number of benzene rings is 2. The van der Waals surface area contributed by atoms with Crippen molar-refractivity contribution >= 4 is 0 Å². The molecule has 1 heterocycles. The monoisotopic (exact) mass is 432 g/mol. The highest BCUT2D eigenvalue weighted by Gasteiger charge is 2.26. The normalized spacial score (nSPS) is 18.2. The van der Waals surface area contributed by atoms with Crippen LogP contribution in [-0.4, -0.2) is 22.7 Å². The number of rotatable bonds is 4. The van der Waals surface area contributed by atoms with Crippen LogP contribution in [0.25, 0.3) is 22.4 Å². The summed E-state index contributed by atoms with van der Waals surface area (Å²) >= 11 is 0. The number of aromatic nitrogens is 2. The van der Waals surface area contributed by atoms with Gasteiger partial charge in [-0.05, 0) is 55.5 Å². The summed E-state index contributed by atoms with van der Waals surface area (Å²) in [6.07, 6.45) is 3.46. The maximum Gasteiger partial charge on any atom is 0.261 e. The number of nitrogens with two attached hydrogens (primary N) is 1. The molecule has 32 heavy (non-hydrogen) atoms. The number of nitriles is 1. The maximum absolute atomic E-state index is 14.5. The third-order valence-corrected chi connectivity index (χ3v) is 6.20.